The highest BCUT2D eigenvalue weighted by Crippen LogP contribution is 2.24. The number of aliphatic hydroxyl groups is 2. The first-order chi connectivity index (χ1) is 6.89. The zero-order valence-electron chi connectivity index (χ0n) is 10.7. The van der Waals surface area contributed by atoms with Crippen molar-refractivity contribution in [3.8, 4) is 0 Å². The van der Waals surface area contributed by atoms with Crippen LogP contribution in [0.25, 0.3) is 0 Å². The maximum atomic E-state index is 11.6. The van der Waals surface area contributed by atoms with E-state index in [1.807, 2.05) is 0 Å². The SMILES string of the molecule is CC(C)(C)C(=O)/C(O)=C(/O)C(=O)C(C)(C)C. The van der Waals surface area contributed by atoms with Crippen LogP contribution in [0.3, 0.4) is 0 Å². The van der Waals surface area contributed by atoms with Gasteiger partial charge in [0.15, 0.2) is 0 Å². The van der Waals surface area contributed by atoms with Gasteiger partial charge in [0.25, 0.3) is 0 Å². The molecule has 0 heterocycles. The molecule has 0 spiro atoms. The lowest BCUT2D eigenvalue weighted by molar-refractivity contribution is -0.129. The number of aliphatic hydroxyl groups excluding tert-OH is 2. The summed E-state index contributed by atoms with van der Waals surface area (Å²) < 4.78 is 0. The standard InChI is InChI=1S/C12H20O4/c1-11(2,3)9(15)7(13)8(14)10(16)12(4,5)6/h13-14H,1-6H3/b8-7-. The topological polar surface area (TPSA) is 74.6 Å². The van der Waals surface area contributed by atoms with Gasteiger partial charge in [-0.15, -0.1) is 0 Å². The third-order valence-corrected chi connectivity index (χ3v) is 2.02. The Morgan fingerprint density at radius 1 is 0.688 bits per heavy atom. The average molecular weight is 228 g/mol. The van der Waals surface area contributed by atoms with E-state index in [0.29, 0.717) is 0 Å². The van der Waals surface area contributed by atoms with Crippen LogP contribution in [0, 0.1) is 10.8 Å². The minimum Gasteiger partial charge on any atom is -0.502 e. The van der Waals surface area contributed by atoms with Crippen LogP contribution in [-0.4, -0.2) is 21.8 Å². The zero-order chi connectivity index (χ0) is 13.3. The molecule has 0 radical (unpaired) electrons. The smallest absolute Gasteiger partial charge is 0.206 e. The largest absolute Gasteiger partial charge is 0.502 e. The van der Waals surface area contributed by atoms with Crippen LogP contribution >= 0.6 is 0 Å². The summed E-state index contributed by atoms with van der Waals surface area (Å²) in [6.07, 6.45) is 0. The average Bonchev–Trinajstić information content (AvgIpc) is 2.10. The van der Waals surface area contributed by atoms with Crippen molar-refractivity contribution < 1.29 is 19.8 Å². The molecule has 16 heavy (non-hydrogen) atoms. The predicted molar refractivity (Wildman–Crippen MR) is 61.2 cm³/mol. The Bertz CT molecular complexity index is 303. The molecule has 0 aromatic heterocycles. The first kappa shape index (κ1) is 14.7. The van der Waals surface area contributed by atoms with Crippen LogP contribution in [0.15, 0.2) is 11.5 Å². The van der Waals surface area contributed by atoms with Gasteiger partial charge < -0.3 is 10.2 Å². The van der Waals surface area contributed by atoms with Gasteiger partial charge in [-0.1, -0.05) is 41.5 Å². The molecule has 0 aliphatic carbocycles. The van der Waals surface area contributed by atoms with Crippen molar-refractivity contribution in [2.45, 2.75) is 41.5 Å². The lowest BCUT2D eigenvalue weighted by atomic mass is 9.85. The molecule has 0 fully saturated rings. The quantitative estimate of drug-likeness (QED) is 0.562. The molecule has 4 nitrogen and oxygen atoms in total. The van der Waals surface area contributed by atoms with Crippen molar-refractivity contribution in [2.24, 2.45) is 10.8 Å². The summed E-state index contributed by atoms with van der Waals surface area (Å²) in [5.41, 5.74) is -1.67. The van der Waals surface area contributed by atoms with Crippen molar-refractivity contribution in [2.75, 3.05) is 0 Å². The van der Waals surface area contributed by atoms with Crippen LogP contribution in [0.4, 0.5) is 0 Å². The summed E-state index contributed by atoms with van der Waals surface area (Å²) in [6.45, 7) is 9.59. The lowest BCUT2D eigenvalue weighted by Gasteiger charge is -2.19. The molecule has 0 atom stereocenters. The number of Topliss-reactive ketones (excluding diaryl/α,β-unsaturated/α-hetero) is 2. The van der Waals surface area contributed by atoms with Crippen LogP contribution in [-0.2, 0) is 9.59 Å². The number of carbonyl (C=O) groups excluding carboxylic acids is 2. The molecular weight excluding hydrogens is 208 g/mol. The summed E-state index contributed by atoms with van der Waals surface area (Å²) in [5.74, 6) is -3.01. The minimum atomic E-state index is -0.854. The zero-order valence-corrected chi connectivity index (χ0v) is 10.7. The molecule has 92 valence electrons. The Morgan fingerprint density at radius 2 is 0.875 bits per heavy atom. The van der Waals surface area contributed by atoms with Crippen LogP contribution in [0.5, 0.6) is 0 Å². The fourth-order valence-electron chi connectivity index (χ4n) is 0.925. The lowest BCUT2D eigenvalue weighted by Crippen LogP contribution is -2.28. The number of carbonyl (C=O) groups is 2. The van der Waals surface area contributed by atoms with Crippen molar-refractivity contribution in [1.82, 2.24) is 0 Å². The maximum absolute atomic E-state index is 11.6. The van der Waals surface area contributed by atoms with E-state index in [9.17, 15) is 19.8 Å². The molecule has 0 rings (SSSR count). The first-order valence-corrected chi connectivity index (χ1v) is 5.11. The predicted octanol–water partition coefficient (Wildman–Crippen LogP) is 2.54. The number of rotatable bonds is 2. The van der Waals surface area contributed by atoms with Gasteiger partial charge in [-0.05, 0) is 0 Å². The number of hydrogen-bond donors (Lipinski definition) is 2. The highest BCUT2D eigenvalue weighted by Gasteiger charge is 2.33. The maximum Gasteiger partial charge on any atom is 0.206 e. The van der Waals surface area contributed by atoms with E-state index in [0.717, 1.165) is 0 Å². The number of ketones is 2. The molecule has 0 aromatic rings. The van der Waals surface area contributed by atoms with E-state index < -0.39 is 33.9 Å². The Morgan fingerprint density at radius 3 is 1.00 bits per heavy atom. The van der Waals surface area contributed by atoms with E-state index in [4.69, 9.17) is 0 Å². The van der Waals surface area contributed by atoms with Crippen molar-refractivity contribution in [3.63, 3.8) is 0 Å². The second kappa shape index (κ2) is 4.28. The summed E-state index contributed by atoms with van der Waals surface area (Å²) in [5, 5.41) is 19.0. The van der Waals surface area contributed by atoms with Gasteiger partial charge >= 0.3 is 0 Å². The fraction of sp³-hybridized carbons (Fsp3) is 0.667. The van der Waals surface area contributed by atoms with Gasteiger partial charge in [0.05, 0.1) is 0 Å². The third-order valence-electron chi connectivity index (χ3n) is 2.02. The normalized spacial score (nSPS) is 14.4. The van der Waals surface area contributed by atoms with Gasteiger partial charge in [-0.25, -0.2) is 0 Å². The van der Waals surface area contributed by atoms with E-state index in [2.05, 4.69) is 0 Å². The Labute approximate surface area is 96.0 Å². The van der Waals surface area contributed by atoms with E-state index in [-0.39, 0.29) is 0 Å². The van der Waals surface area contributed by atoms with E-state index in [1.165, 1.54) is 0 Å². The molecule has 0 saturated carbocycles. The molecule has 4 heteroatoms. The van der Waals surface area contributed by atoms with Gasteiger partial charge in [0, 0.05) is 10.8 Å². The van der Waals surface area contributed by atoms with Gasteiger partial charge in [0.1, 0.15) is 0 Å². The van der Waals surface area contributed by atoms with Crippen LogP contribution < -0.4 is 0 Å². The first-order valence-electron chi connectivity index (χ1n) is 5.11. The molecular formula is C12H20O4. The Kier molecular flexibility index (Phi) is 3.92. The summed E-state index contributed by atoms with van der Waals surface area (Å²) in [7, 11) is 0. The monoisotopic (exact) mass is 228 g/mol. The van der Waals surface area contributed by atoms with Crippen molar-refractivity contribution in [1.29, 1.82) is 0 Å². The summed E-state index contributed by atoms with van der Waals surface area (Å²) >= 11 is 0. The van der Waals surface area contributed by atoms with Crippen LogP contribution in [0.2, 0.25) is 0 Å². The van der Waals surface area contributed by atoms with Crippen LogP contribution in [0.1, 0.15) is 41.5 Å². The van der Waals surface area contributed by atoms with Crippen molar-refractivity contribution >= 4 is 11.6 Å². The van der Waals surface area contributed by atoms with E-state index >= 15 is 0 Å². The fourth-order valence-corrected chi connectivity index (χ4v) is 0.925. The third kappa shape index (κ3) is 3.36. The Balaban J connectivity index is 5.30. The molecule has 0 aliphatic rings. The molecule has 0 aliphatic heterocycles. The second-order valence-corrected chi connectivity index (χ2v) is 5.86. The van der Waals surface area contributed by atoms with E-state index in [1.54, 1.807) is 41.5 Å². The summed E-state index contributed by atoms with van der Waals surface area (Å²) in [6, 6.07) is 0. The molecule has 0 unspecified atom stereocenters. The minimum absolute atomic E-state index is 0.650. The second-order valence-electron chi connectivity index (χ2n) is 5.86. The van der Waals surface area contributed by atoms with Gasteiger partial charge in [0.2, 0.25) is 23.1 Å². The highest BCUT2D eigenvalue weighted by molar-refractivity contribution is 6.06. The van der Waals surface area contributed by atoms with Gasteiger partial charge in [-0.3, -0.25) is 9.59 Å². The number of allylic oxidation sites excluding steroid dienone is 2. The molecule has 0 aromatic carbocycles. The highest BCUT2D eigenvalue weighted by atomic mass is 16.3. The molecule has 0 bridgehead atoms. The molecule has 0 amide bonds. The van der Waals surface area contributed by atoms with Gasteiger partial charge in [-0.2, -0.15) is 0 Å². The Hall–Kier alpha value is -1.32. The van der Waals surface area contributed by atoms with Crippen molar-refractivity contribution in [3.05, 3.63) is 11.5 Å². The summed E-state index contributed by atoms with van der Waals surface area (Å²) in [4.78, 5) is 23.2. The number of hydrogen-bond acceptors (Lipinski definition) is 4. The molecule has 0 saturated heterocycles. The molecule has 2 N–H and O–H groups in total.